The quantitative estimate of drug-likeness (QED) is 0.0128. The number of hydrogen-bond donors (Lipinski definition) is 15. The van der Waals surface area contributed by atoms with Crippen LogP contribution in [0.4, 0.5) is 5.69 Å². The number of aliphatic hydroxyl groups is 1. The van der Waals surface area contributed by atoms with Crippen molar-refractivity contribution in [2.75, 3.05) is 31.6 Å². The van der Waals surface area contributed by atoms with Crippen LogP contribution in [0.2, 0.25) is 0 Å². The van der Waals surface area contributed by atoms with Crippen LogP contribution in [0.15, 0.2) is 114 Å². The normalized spacial score (nSPS) is 15.3. The molecule has 0 unspecified atom stereocenters. The van der Waals surface area contributed by atoms with Crippen LogP contribution in [0.25, 0.3) is 0 Å². The second-order valence-electron chi connectivity index (χ2n) is 24.3. The van der Waals surface area contributed by atoms with Crippen LogP contribution in [-0.4, -0.2) is 172 Å². The van der Waals surface area contributed by atoms with E-state index in [0.29, 0.717) is 60.2 Å². The lowest BCUT2D eigenvalue weighted by Crippen LogP contribution is -2.61. The summed E-state index contributed by atoms with van der Waals surface area (Å²) < 4.78 is 0. The Morgan fingerprint density at radius 2 is 1.14 bits per heavy atom. The number of nitrogens with zero attached hydrogens (tertiary/aromatic N) is 2. The van der Waals surface area contributed by atoms with Crippen LogP contribution < -0.4 is 65.5 Å². The number of carboxylic acid groups (broad SMARTS) is 2. The van der Waals surface area contributed by atoms with Crippen LogP contribution in [0.1, 0.15) is 125 Å². The van der Waals surface area contributed by atoms with E-state index in [1.54, 1.807) is 137 Å². The molecule has 0 aromatic heterocycles. The van der Waals surface area contributed by atoms with Gasteiger partial charge in [0.2, 0.25) is 47.3 Å². The summed E-state index contributed by atoms with van der Waals surface area (Å²) in [5.41, 5.74) is 25.0. The van der Waals surface area contributed by atoms with E-state index in [1.807, 2.05) is 0 Å². The topological polar surface area (TPSA) is 464 Å². The van der Waals surface area contributed by atoms with Crippen LogP contribution in [0.3, 0.4) is 0 Å². The lowest BCUT2D eigenvalue weighted by molar-refractivity contribution is -0.142. The van der Waals surface area contributed by atoms with E-state index in [0.717, 1.165) is 0 Å². The average Bonchev–Trinajstić information content (AvgIpc) is 1.77. The number of amides is 9. The lowest BCUT2D eigenvalue weighted by Gasteiger charge is -2.30. The first-order valence-electron chi connectivity index (χ1n) is 32.4. The zero-order valence-corrected chi connectivity index (χ0v) is 55.1. The molecule has 522 valence electrons. The SMILES string of the molecule is CC[C@H](C)[C@H](NC(=O)[C@H](Cc1ccccc1)NC(=O)[C@H](CC(C)C)NC(=O)[C@H](CC(=O)O)NC(=O)[C@H](Cc1ccccc1)NC(=O)[C@@H]1CCCN1C(=O)c1cccc(C#Cc2cccc(NC(=O)[C@@H](N)CO)c2)c1)C(=O)N[C@@H](CCCN=C(N)N)C(=O)N[C@@H](CCCCN)C(=O)O. The number of guanidine groups is 1. The van der Waals surface area contributed by atoms with Crippen LogP contribution in [0.5, 0.6) is 0 Å². The molecule has 9 amide bonds. The molecule has 97 heavy (non-hydrogen) atoms. The Balaban J connectivity index is 1.36. The highest BCUT2D eigenvalue weighted by Gasteiger charge is 2.39. The maximum atomic E-state index is 14.7. The molecular weight excluding hydrogens is 1250 g/mol. The first kappa shape index (κ1) is 77.5. The van der Waals surface area contributed by atoms with E-state index in [9.17, 15) is 68.1 Å². The van der Waals surface area contributed by atoms with E-state index in [2.05, 4.69) is 59.4 Å². The van der Waals surface area contributed by atoms with Crippen molar-refractivity contribution in [3.63, 3.8) is 0 Å². The molecule has 1 heterocycles. The smallest absolute Gasteiger partial charge is 0.326 e. The van der Waals surface area contributed by atoms with Crippen LogP contribution >= 0.6 is 0 Å². The number of anilines is 1. The number of carbonyl (C=O) groups excluding carboxylic acids is 9. The Kier molecular flexibility index (Phi) is 31.6. The number of aliphatic carboxylic acids is 2. The molecule has 28 heteroatoms. The highest BCUT2D eigenvalue weighted by atomic mass is 16.4. The minimum atomic E-state index is -1.84. The molecule has 1 saturated heterocycles. The maximum Gasteiger partial charge on any atom is 0.326 e. The summed E-state index contributed by atoms with van der Waals surface area (Å²) in [5.74, 6) is -5.10. The number of unbranched alkanes of at least 4 members (excludes halogenated alkanes) is 1. The number of carboxylic acids is 2. The van der Waals surface area contributed by atoms with Gasteiger partial charge in [0, 0.05) is 48.3 Å². The number of aliphatic imine (C=N–C) groups is 1. The van der Waals surface area contributed by atoms with Gasteiger partial charge in [0.25, 0.3) is 5.91 Å². The van der Waals surface area contributed by atoms with Gasteiger partial charge < -0.3 is 85.7 Å². The fourth-order valence-electron chi connectivity index (χ4n) is 10.6. The van der Waals surface area contributed by atoms with Gasteiger partial charge in [-0.2, -0.15) is 0 Å². The Bertz CT molecular complexity index is 3450. The Hall–Kier alpha value is -10.2. The van der Waals surface area contributed by atoms with Crippen molar-refractivity contribution < 1.29 is 68.1 Å². The predicted octanol–water partition coefficient (Wildman–Crippen LogP) is 0.662. The van der Waals surface area contributed by atoms with Crippen molar-refractivity contribution in [3.05, 3.63) is 137 Å². The van der Waals surface area contributed by atoms with Crippen molar-refractivity contribution in [2.45, 2.75) is 159 Å². The van der Waals surface area contributed by atoms with Crippen molar-refractivity contribution in [1.82, 2.24) is 42.1 Å². The van der Waals surface area contributed by atoms with Crippen LogP contribution in [-0.2, 0) is 60.8 Å². The van der Waals surface area contributed by atoms with Gasteiger partial charge in [-0.1, -0.05) is 119 Å². The van der Waals surface area contributed by atoms with Gasteiger partial charge in [-0.25, -0.2) is 4.79 Å². The molecule has 1 aliphatic rings. The third kappa shape index (κ3) is 25.8. The predicted molar refractivity (Wildman–Crippen MR) is 362 cm³/mol. The average molecular weight is 1340 g/mol. The summed E-state index contributed by atoms with van der Waals surface area (Å²) in [7, 11) is 0. The van der Waals surface area contributed by atoms with Gasteiger partial charge >= 0.3 is 11.9 Å². The summed E-state index contributed by atoms with van der Waals surface area (Å²) in [4.78, 5) is 158. The first-order chi connectivity index (χ1) is 46.3. The number of benzene rings is 4. The van der Waals surface area contributed by atoms with E-state index >= 15 is 0 Å². The maximum absolute atomic E-state index is 14.7. The summed E-state index contributed by atoms with van der Waals surface area (Å²) in [6, 6.07) is 17.9. The number of hydrogen-bond acceptors (Lipinski definition) is 15. The van der Waals surface area contributed by atoms with Gasteiger partial charge in [-0.05, 0) is 117 Å². The van der Waals surface area contributed by atoms with Crippen LogP contribution in [0, 0.1) is 23.7 Å². The minimum absolute atomic E-state index is 0.0445. The molecule has 1 aliphatic heterocycles. The number of nitrogens with one attached hydrogen (secondary N) is 8. The second kappa shape index (κ2) is 39.6. The molecule has 5 rings (SSSR count). The molecule has 28 nitrogen and oxygen atoms in total. The standard InChI is InChI=1S/C69H92N14O14/c1-5-42(4)58(66(94)76-50(27-16-32-74-69(72)73)60(88)77-51(68(96)97)26-12-13-31-70)82-64(92)54(38-44-20-10-7-11-21-44)79-61(89)52(34-41(2)3)78-63(91)55(39-57(85)86)80-62(90)53(37-43-18-8-6-9-19-43)81-65(93)56-28-17-33-83(56)67(95)47-24-14-22-45(35-47)29-30-46-23-15-25-48(36-46)75-59(87)49(71)40-84/h6-11,14-15,18-25,35-36,41-42,49-56,58,84H,5,12-13,16-17,26-28,31-34,37-40,70-71H2,1-4H3,(H,75,87)(H,76,94)(H,77,88)(H,78,91)(H,79,89)(H,80,90)(H,81,93)(H,82,92)(H,85,86)(H,96,97)(H4,72,73,74)/t42-,49-,50-,51-,52-,53-,54-,55-,56-,58-/m0/s1. The van der Waals surface area contributed by atoms with Gasteiger partial charge in [-0.15, -0.1) is 0 Å². The lowest BCUT2D eigenvalue weighted by atomic mass is 9.96. The van der Waals surface area contributed by atoms with Crippen molar-refractivity contribution in [1.29, 1.82) is 0 Å². The number of aliphatic hydroxyl groups excluding tert-OH is 1. The molecule has 0 radical (unpaired) electrons. The zero-order valence-electron chi connectivity index (χ0n) is 55.1. The van der Waals surface area contributed by atoms with Crippen molar-refractivity contribution in [3.8, 4) is 11.8 Å². The Morgan fingerprint density at radius 3 is 1.73 bits per heavy atom. The molecule has 19 N–H and O–H groups in total. The van der Waals surface area contributed by atoms with E-state index in [-0.39, 0.29) is 75.5 Å². The number of rotatable bonds is 37. The monoisotopic (exact) mass is 1340 g/mol. The minimum Gasteiger partial charge on any atom is -0.481 e. The molecule has 0 saturated carbocycles. The Morgan fingerprint density at radius 1 is 0.608 bits per heavy atom. The molecule has 0 bridgehead atoms. The third-order valence-electron chi connectivity index (χ3n) is 16.1. The van der Waals surface area contributed by atoms with Gasteiger partial charge in [0.15, 0.2) is 5.96 Å². The van der Waals surface area contributed by atoms with E-state index < -0.39 is 138 Å². The van der Waals surface area contributed by atoms with Crippen molar-refractivity contribution >= 4 is 76.8 Å². The number of likely N-dealkylation sites (tertiary alicyclic amines) is 1. The third-order valence-corrected chi connectivity index (χ3v) is 16.1. The Labute approximate surface area is 564 Å². The van der Waals surface area contributed by atoms with E-state index in [1.165, 1.54) is 4.90 Å². The number of nitrogens with two attached hydrogens (primary N) is 4. The zero-order chi connectivity index (χ0) is 71.1. The summed E-state index contributed by atoms with van der Waals surface area (Å²) in [5, 5.41) is 50.5. The van der Waals surface area contributed by atoms with Gasteiger partial charge in [0.1, 0.15) is 54.4 Å². The first-order valence-corrected chi connectivity index (χ1v) is 32.4. The molecule has 4 aromatic rings. The fraction of sp³-hybridized carbons (Fsp3) is 0.449. The molecule has 10 atom stereocenters. The fourth-order valence-corrected chi connectivity index (χ4v) is 10.6. The van der Waals surface area contributed by atoms with Gasteiger partial charge in [-0.3, -0.25) is 52.9 Å². The molecule has 1 fully saturated rings. The van der Waals surface area contributed by atoms with Crippen molar-refractivity contribution in [2.24, 2.45) is 39.8 Å². The molecular formula is C69H92N14O14. The summed E-state index contributed by atoms with van der Waals surface area (Å²) in [6.45, 7) is 6.96. The van der Waals surface area contributed by atoms with E-state index in [4.69, 9.17) is 22.9 Å². The molecule has 0 aliphatic carbocycles. The molecule has 0 spiro atoms. The molecule has 4 aromatic carbocycles. The summed E-state index contributed by atoms with van der Waals surface area (Å²) in [6.07, 6.45) is 0.741. The highest BCUT2D eigenvalue weighted by Crippen LogP contribution is 2.23. The largest absolute Gasteiger partial charge is 0.481 e. The number of carbonyl (C=O) groups is 11. The van der Waals surface area contributed by atoms with Gasteiger partial charge in [0.05, 0.1) is 13.0 Å². The summed E-state index contributed by atoms with van der Waals surface area (Å²) >= 11 is 0. The second-order valence-corrected chi connectivity index (χ2v) is 24.3. The highest BCUT2D eigenvalue weighted by molar-refractivity contribution is 6.01.